The van der Waals surface area contributed by atoms with E-state index < -0.39 is 6.09 Å². The first-order valence-corrected chi connectivity index (χ1v) is 11.9. The van der Waals surface area contributed by atoms with E-state index in [4.69, 9.17) is 10.2 Å². The number of nitrogens with zero attached hydrogens (tertiary/aromatic N) is 4. The molecule has 0 bridgehead atoms. The highest BCUT2D eigenvalue weighted by Gasteiger charge is 2.27. The minimum Gasteiger partial charge on any atom is -0.465 e. The number of amides is 2. The van der Waals surface area contributed by atoms with Gasteiger partial charge >= 0.3 is 6.09 Å². The van der Waals surface area contributed by atoms with Crippen molar-refractivity contribution in [2.45, 2.75) is 38.6 Å². The van der Waals surface area contributed by atoms with Gasteiger partial charge in [-0.15, -0.1) is 0 Å². The Balaban J connectivity index is 1.30. The Morgan fingerprint density at radius 2 is 1.83 bits per heavy atom. The van der Waals surface area contributed by atoms with E-state index in [1.54, 1.807) is 0 Å². The third-order valence-electron chi connectivity index (χ3n) is 7.14. The number of aromatic nitrogens is 2. The molecule has 0 saturated carbocycles. The molecule has 0 atom stereocenters. The summed E-state index contributed by atoms with van der Waals surface area (Å²) >= 11 is 0. The topological polar surface area (TPSA) is 113 Å². The highest BCUT2D eigenvalue weighted by molar-refractivity contribution is 5.95. The monoisotopic (exact) mass is 469 g/mol. The smallest absolute Gasteiger partial charge is 0.407 e. The second-order valence-corrected chi connectivity index (χ2v) is 9.29. The number of hydrogen-bond acceptors (Lipinski definition) is 4. The van der Waals surface area contributed by atoms with Gasteiger partial charge in [-0.1, -0.05) is 18.2 Å². The van der Waals surface area contributed by atoms with E-state index in [0.29, 0.717) is 55.5 Å². The Labute approximate surface area is 203 Å². The molecule has 5 rings (SSSR count). The summed E-state index contributed by atoms with van der Waals surface area (Å²) in [4.78, 5) is 36.0. The number of benzene rings is 2. The zero-order valence-corrected chi connectivity index (χ0v) is 19.6. The summed E-state index contributed by atoms with van der Waals surface area (Å²) < 4.78 is 0. The summed E-state index contributed by atoms with van der Waals surface area (Å²) in [7, 11) is 0. The first-order valence-electron chi connectivity index (χ1n) is 11.9. The Morgan fingerprint density at radius 3 is 2.51 bits per heavy atom. The SMILES string of the molecule is Cc1ccc(C(=O)N2CCC(c3ccc(C#N)cc3)CC2)cc1-c1nc2c([nH]1)CN(C(=O)O)CC2. The molecule has 2 aromatic carbocycles. The maximum Gasteiger partial charge on any atom is 0.407 e. The van der Waals surface area contributed by atoms with Crippen molar-refractivity contribution in [2.24, 2.45) is 0 Å². The minimum absolute atomic E-state index is 0.0119. The van der Waals surface area contributed by atoms with Crippen LogP contribution >= 0.6 is 0 Å². The number of fused-ring (bicyclic) bond motifs is 1. The lowest BCUT2D eigenvalue weighted by Crippen LogP contribution is -2.37. The largest absolute Gasteiger partial charge is 0.465 e. The van der Waals surface area contributed by atoms with Gasteiger partial charge in [-0.3, -0.25) is 4.79 Å². The average molecular weight is 470 g/mol. The number of piperidine rings is 1. The third-order valence-corrected chi connectivity index (χ3v) is 7.14. The minimum atomic E-state index is -0.932. The van der Waals surface area contributed by atoms with Crippen LogP contribution in [0.1, 0.15) is 57.2 Å². The second kappa shape index (κ2) is 9.26. The van der Waals surface area contributed by atoms with Gasteiger partial charge in [0, 0.05) is 37.2 Å². The van der Waals surface area contributed by atoms with E-state index in [0.717, 1.165) is 35.4 Å². The molecule has 178 valence electrons. The number of carboxylic acid groups (broad SMARTS) is 1. The molecule has 3 aromatic rings. The molecule has 1 fully saturated rings. The number of nitrogens with one attached hydrogen (secondary N) is 1. The molecule has 2 aliphatic rings. The van der Waals surface area contributed by atoms with E-state index in [9.17, 15) is 14.7 Å². The molecule has 0 aliphatic carbocycles. The molecule has 8 heteroatoms. The van der Waals surface area contributed by atoms with E-state index in [-0.39, 0.29) is 5.91 Å². The Bertz CT molecular complexity index is 1310. The van der Waals surface area contributed by atoms with Crippen molar-refractivity contribution in [3.63, 3.8) is 0 Å². The van der Waals surface area contributed by atoms with E-state index in [2.05, 4.69) is 11.1 Å². The molecule has 1 saturated heterocycles. The van der Waals surface area contributed by atoms with Gasteiger partial charge in [0.15, 0.2) is 0 Å². The number of aryl methyl sites for hydroxylation is 1. The molecule has 2 N–H and O–H groups in total. The molecular weight excluding hydrogens is 442 g/mol. The molecule has 35 heavy (non-hydrogen) atoms. The van der Waals surface area contributed by atoms with Crippen LogP contribution in [0.25, 0.3) is 11.4 Å². The summed E-state index contributed by atoms with van der Waals surface area (Å²) in [5, 5.41) is 18.3. The summed E-state index contributed by atoms with van der Waals surface area (Å²) in [6, 6.07) is 15.6. The van der Waals surface area contributed by atoms with Gasteiger partial charge < -0.3 is 19.9 Å². The number of H-pyrrole nitrogens is 1. The molecule has 1 aromatic heterocycles. The van der Waals surface area contributed by atoms with Crippen LogP contribution in [0.3, 0.4) is 0 Å². The lowest BCUT2D eigenvalue weighted by molar-refractivity contribution is 0.0713. The normalized spacial score (nSPS) is 16.0. The van der Waals surface area contributed by atoms with Gasteiger partial charge in [-0.05, 0) is 61.1 Å². The van der Waals surface area contributed by atoms with Gasteiger partial charge in [0.05, 0.1) is 29.6 Å². The summed E-state index contributed by atoms with van der Waals surface area (Å²) in [5.41, 5.74) is 6.07. The zero-order chi connectivity index (χ0) is 24.5. The third kappa shape index (κ3) is 4.50. The molecule has 8 nitrogen and oxygen atoms in total. The van der Waals surface area contributed by atoms with Crippen LogP contribution in [0.4, 0.5) is 4.79 Å². The van der Waals surface area contributed by atoms with Gasteiger partial charge in [-0.25, -0.2) is 9.78 Å². The van der Waals surface area contributed by atoms with Crippen molar-refractivity contribution < 1.29 is 14.7 Å². The number of hydrogen-bond donors (Lipinski definition) is 2. The number of carbonyl (C=O) groups excluding carboxylic acids is 1. The lowest BCUT2D eigenvalue weighted by atomic mass is 9.89. The Morgan fingerprint density at radius 1 is 1.09 bits per heavy atom. The highest BCUT2D eigenvalue weighted by atomic mass is 16.4. The van der Waals surface area contributed by atoms with Crippen LogP contribution in [-0.2, 0) is 13.0 Å². The Hall–Kier alpha value is -4.12. The van der Waals surface area contributed by atoms with Crippen LogP contribution in [0.2, 0.25) is 0 Å². The van der Waals surface area contributed by atoms with Crippen molar-refractivity contribution >= 4 is 12.0 Å². The summed E-state index contributed by atoms with van der Waals surface area (Å²) in [6.45, 7) is 4.09. The van der Waals surface area contributed by atoms with Crippen molar-refractivity contribution in [3.05, 3.63) is 76.1 Å². The van der Waals surface area contributed by atoms with Gasteiger partial charge in [0.25, 0.3) is 5.91 Å². The first kappa shape index (κ1) is 22.7. The molecule has 2 amide bonds. The fraction of sp³-hybridized carbons (Fsp3) is 0.333. The van der Waals surface area contributed by atoms with Gasteiger partial charge in [0.2, 0.25) is 0 Å². The van der Waals surface area contributed by atoms with Crippen LogP contribution in [0.15, 0.2) is 42.5 Å². The van der Waals surface area contributed by atoms with Gasteiger partial charge in [-0.2, -0.15) is 5.26 Å². The number of nitriles is 1. The quantitative estimate of drug-likeness (QED) is 0.593. The highest BCUT2D eigenvalue weighted by Crippen LogP contribution is 2.30. The molecule has 0 unspecified atom stereocenters. The van der Waals surface area contributed by atoms with Crippen LogP contribution in [0.5, 0.6) is 0 Å². The van der Waals surface area contributed by atoms with Crippen molar-refractivity contribution in [1.29, 1.82) is 5.26 Å². The fourth-order valence-corrected chi connectivity index (χ4v) is 5.02. The van der Waals surface area contributed by atoms with E-state index in [1.807, 2.05) is 54.3 Å². The number of rotatable bonds is 3. The van der Waals surface area contributed by atoms with Crippen molar-refractivity contribution in [3.8, 4) is 17.5 Å². The average Bonchev–Trinajstić information content (AvgIpc) is 3.32. The number of imidazole rings is 1. The predicted octanol–water partition coefficient (Wildman–Crippen LogP) is 4.31. The van der Waals surface area contributed by atoms with Crippen LogP contribution in [-0.4, -0.2) is 56.5 Å². The molecule has 0 spiro atoms. The van der Waals surface area contributed by atoms with E-state index >= 15 is 0 Å². The standard InChI is InChI=1S/C27H27N5O3/c1-17-2-5-21(14-22(17)25-29-23-10-13-32(27(34)35)16-24(23)30-25)26(33)31-11-8-20(9-12-31)19-6-3-18(15-28)4-7-19/h2-7,14,20H,8-13,16H2,1H3,(H,29,30)(H,34,35). The second-order valence-electron chi connectivity index (χ2n) is 9.29. The number of aromatic amines is 1. The zero-order valence-electron chi connectivity index (χ0n) is 19.6. The summed E-state index contributed by atoms with van der Waals surface area (Å²) in [5.74, 6) is 1.08. The van der Waals surface area contributed by atoms with Crippen molar-refractivity contribution in [1.82, 2.24) is 19.8 Å². The predicted molar refractivity (Wildman–Crippen MR) is 130 cm³/mol. The molecule has 3 heterocycles. The van der Waals surface area contributed by atoms with Gasteiger partial charge in [0.1, 0.15) is 5.82 Å². The van der Waals surface area contributed by atoms with Crippen LogP contribution < -0.4 is 0 Å². The van der Waals surface area contributed by atoms with Crippen molar-refractivity contribution in [2.75, 3.05) is 19.6 Å². The Kier molecular flexibility index (Phi) is 6.00. The first-order chi connectivity index (χ1) is 16.9. The van der Waals surface area contributed by atoms with Crippen LogP contribution in [0, 0.1) is 18.3 Å². The number of carbonyl (C=O) groups is 2. The number of likely N-dealkylation sites (tertiary alicyclic amines) is 1. The molecule has 2 aliphatic heterocycles. The van der Waals surface area contributed by atoms with E-state index in [1.165, 1.54) is 10.5 Å². The maximum absolute atomic E-state index is 13.3. The fourth-order valence-electron chi connectivity index (χ4n) is 5.02. The summed E-state index contributed by atoms with van der Waals surface area (Å²) in [6.07, 6.45) is 1.42. The lowest BCUT2D eigenvalue weighted by Gasteiger charge is -2.32. The molecular formula is C27H27N5O3. The molecule has 0 radical (unpaired) electrons. The maximum atomic E-state index is 13.3.